The number of hydrogen-bond donors (Lipinski definition) is 0. The molecule has 6 nitrogen and oxygen atoms in total. The highest BCUT2D eigenvalue weighted by Crippen LogP contribution is 2.12. The van der Waals surface area contributed by atoms with E-state index in [0.717, 1.165) is 44.7 Å². The van der Waals surface area contributed by atoms with Crippen LogP contribution in [-0.2, 0) is 11.2 Å². The maximum Gasteiger partial charge on any atom is 0.410 e. The van der Waals surface area contributed by atoms with Crippen LogP contribution < -0.4 is 0 Å². The number of amides is 1. The molecule has 0 aliphatic carbocycles. The van der Waals surface area contributed by atoms with Crippen LogP contribution in [0.2, 0.25) is 0 Å². The summed E-state index contributed by atoms with van der Waals surface area (Å²) in [6.45, 7) is 9.85. The molecule has 1 aliphatic heterocycles. The number of nitrogens with zero attached hydrogens (tertiary/aromatic N) is 4. The van der Waals surface area contributed by atoms with Gasteiger partial charge in [0.15, 0.2) is 0 Å². The van der Waals surface area contributed by atoms with Gasteiger partial charge in [0.25, 0.3) is 0 Å². The van der Waals surface area contributed by atoms with Gasteiger partial charge in [-0.2, -0.15) is 0 Å². The van der Waals surface area contributed by atoms with Crippen molar-refractivity contribution in [1.29, 1.82) is 0 Å². The van der Waals surface area contributed by atoms with E-state index < -0.39 is 5.60 Å². The molecule has 21 heavy (non-hydrogen) atoms. The highest BCUT2D eigenvalue weighted by atomic mass is 16.6. The normalized spacial score (nSPS) is 16.8. The molecule has 1 fully saturated rings. The van der Waals surface area contributed by atoms with Gasteiger partial charge < -0.3 is 9.64 Å². The predicted molar refractivity (Wildman–Crippen MR) is 80.0 cm³/mol. The first kappa shape index (κ1) is 15.7. The van der Waals surface area contributed by atoms with Crippen LogP contribution in [0.3, 0.4) is 0 Å². The zero-order chi connectivity index (χ0) is 15.3. The fourth-order valence-corrected chi connectivity index (χ4v) is 2.23. The first-order valence-corrected chi connectivity index (χ1v) is 7.38. The van der Waals surface area contributed by atoms with E-state index in [9.17, 15) is 4.79 Å². The molecular formula is C15H24N4O2. The van der Waals surface area contributed by atoms with Gasteiger partial charge in [0.1, 0.15) is 11.9 Å². The molecule has 1 saturated heterocycles. The van der Waals surface area contributed by atoms with Gasteiger partial charge in [0.2, 0.25) is 0 Å². The molecule has 0 radical (unpaired) electrons. The SMILES string of the molecule is CC(C)(C)OC(=O)N1CCN(CCc2cncnc2)CC1. The Morgan fingerprint density at radius 2 is 1.81 bits per heavy atom. The second-order valence-corrected chi connectivity index (χ2v) is 6.31. The van der Waals surface area contributed by atoms with Crippen LogP contribution in [0.4, 0.5) is 4.79 Å². The number of piperazine rings is 1. The van der Waals surface area contributed by atoms with E-state index in [0.29, 0.717) is 0 Å². The summed E-state index contributed by atoms with van der Waals surface area (Å²) in [7, 11) is 0. The minimum absolute atomic E-state index is 0.210. The van der Waals surface area contributed by atoms with Gasteiger partial charge in [-0.1, -0.05) is 0 Å². The van der Waals surface area contributed by atoms with Crippen LogP contribution in [0, 0.1) is 0 Å². The smallest absolute Gasteiger partial charge is 0.410 e. The second-order valence-electron chi connectivity index (χ2n) is 6.31. The lowest BCUT2D eigenvalue weighted by Gasteiger charge is -2.35. The Balaban J connectivity index is 1.72. The quantitative estimate of drug-likeness (QED) is 0.846. The third-order valence-corrected chi connectivity index (χ3v) is 3.35. The van der Waals surface area contributed by atoms with Gasteiger partial charge in [-0.3, -0.25) is 4.90 Å². The molecular weight excluding hydrogens is 268 g/mol. The molecule has 0 atom stereocenters. The van der Waals surface area contributed by atoms with E-state index in [1.807, 2.05) is 33.2 Å². The fraction of sp³-hybridized carbons (Fsp3) is 0.667. The zero-order valence-electron chi connectivity index (χ0n) is 13.1. The van der Waals surface area contributed by atoms with Gasteiger partial charge in [0, 0.05) is 45.1 Å². The summed E-state index contributed by atoms with van der Waals surface area (Å²) >= 11 is 0. The average molecular weight is 292 g/mol. The van der Waals surface area contributed by atoms with Crippen molar-refractivity contribution in [2.45, 2.75) is 32.8 Å². The molecule has 1 aromatic heterocycles. The average Bonchev–Trinajstić information content (AvgIpc) is 2.45. The summed E-state index contributed by atoms with van der Waals surface area (Å²) in [4.78, 5) is 24.1. The van der Waals surface area contributed by atoms with Crippen molar-refractivity contribution >= 4 is 6.09 Å². The number of aromatic nitrogens is 2. The van der Waals surface area contributed by atoms with Crippen LogP contribution in [-0.4, -0.2) is 64.2 Å². The number of rotatable bonds is 3. The standard InChI is InChI=1S/C15H24N4O2/c1-15(2,3)21-14(20)19-8-6-18(7-9-19)5-4-13-10-16-12-17-11-13/h10-12H,4-9H2,1-3H3. The van der Waals surface area contributed by atoms with Crippen molar-refractivity contribution in [3.63, 3.8) is 0 Å². The van der Waals surface area contributed by atoms with Gasteiger partial charge in [-0.15, -0.1) is 0 Å². The maximum absolute atomic E-state index is 12.0. The van der Waals surface area contributed by atoms with E-state index >= 15 is 0 Å². The summed E-state index contributed by atoms with van der Waals surface area (Å²) in [6, 6.07) is 0. The van der Waals surface area contributed by atoms with Crippen LogP contribution in [0.25, 0.3) is 0 Å². The van der Waals surface area contributed by atoms with Crippen molar-refractivity contribution in [1.82, 2.24) is 19.8 Å². The van der Waals surface area contributed by atoms with Crippen LogP contribution in [0.5, 0.6) is 0 Å². The van der Waals surface area contributed by atoms with E-state index in [4.69, 9.17) is 4.74 Å². The lowest BCUT2D eigenvalue weighted by atomic mass is 10.2. The Morgan fingerprint density at radius 3 is 2.38 bits per heavy atom. The number of carbonyl (C=O) groups excluding carboxylic acids is 1. The van der Waals surface area contributed by atoms with Gasteiger partial charge in [-0.05, 0) is 32.8 Å². The first-order valence-electron chi connectivity index (χ1n) is 7.38. The largest absolute Gasteiger partial charge is 0.444 e. The molecule has 2 rings (SSSR count). The minimum Gasteiger partial charge on any atom is -0.444 e. The van der Waals surface area contributed by atoms with E-state index in [-0.39, 0.29) is 6.09 Å². The summed E-state index contributed by atoms with van der Waals surface area (Å²) < 4.78 is 5.39. The van der Waals surface area contributed by atoms with Crippen molar-refractivity contribution in [2.75, 3.05) is 32.7 Å². The molecule has 0 spiro atoms. The van der Waals surface area contributed by atoms with Crippen molar-refractivity contribution in [2.24, 2.45) is 0 Å². The van der Waals surface area contributed by atoms with Crippen molar-refractivity contribution in [3.8, 4) is 0 Å². The fourth-order valence-electron chi connectivity index (χ4n) is 2.23. The molecule has 0 saturated carbocycles. The van der Waals surface area contributed by atoms with Crippen molar-refractivity contribution < 1.29 is 9.53 Å². The molecule has 0 N–H and O–H groups in total. The number of ether oxygens (including phenoxy) is 1. The monoisotopic (exact) mass is 292 g/mol. The van der Waals surface area contributed by atoms with Gasteiger partial charge >= 0.3 is 6.09 Å². The van der Waals surface area contributed by atoms with Crippen LogP contribution in [0.15, 0.2) is 18.7 Å². The maximum atomic E-state index is 12.0. The highest BCUT2D eigenvalue weighted by molar-refractivity contribution is 5.68. The third kappa shape index (κ3) is 5.30. The molecule has 116 valence electrons. The summed E-state index contributed by atoms with van der Waals surface area (Å²) in [5.74, 6) is 0. The van der Waals surface area contributed by atoms with Crippen LogP contribution in [0.1, 0.15) is 26.3 Å². The number of carbonyl (C=O) groups is 1. The zero-order valence-corrected chi connectivity index (χ0v) is 13.1. The topological polar surface area (TPSA) is 58.6 Å². The Labute approximate surface area is 126 Å². The molecule has 1 aliphatic rings. The summed E-state index contributed by atoms with van der Waals surface area (Å²) in [5.41, 5.74) is 0.716. The van der Waals surface area contributed by atoms with E-state index in [2.05, 4.69) is 14.9 Å². The molecule has 0 bridgehead atoms. The Bertz CT molecular complexity index is 450. The van der Waals surface area contributed by atoms with Crippen molar-refractivity contribution in [3.05, 3.63) is 24.3 Å². The summed E-state index contributed by atoms with van der Waals surface area (Å²) in [6.07, 6.45) is 5.98. The lowest BCUT2D eigenvalue weighted by Crippen LogP contribution is -2.50. The number of hydrogen-bond acceptors (Lipinski definition) is 5. The van der Waals surface area contributed by atoms with Crippen LogP contribution >= 0.6 is 0 Å². The minimum atomic E-state index is -0.429. The highest BCUT2D eigenvalue weighted by Gasteiger charge is 2.25. The molecule has 1 amide bonds. The first-order chi connectivity index (χ1) is 9.94. The van der Waals surface area contributed by atoms with E-state index in [1.165, 1.54) is 0 Å². The lowest BCUT2D eigenvalue weighted by molar-refractivity contribution is 0.0146. The molecule has 0 aromatic carbocycles. The summed E-state index contributed by atoms with van der Waals surface area (Å²) in [5, 5.41) is 0. The Kier molecular flexibility index (Phi) is 5.12. The molecule has 1 aromatic rings. The molecule has 6 heteroatoms. The second kappa shape index (κ2) is 6.85. The van der Waals surface area contributed by atoms with E-state index in [1.54, 1.807) is 11.2 Å². The third-order valence-electron chi connectivity index (χ3n) is 3.35. The Hall–Kier alpha value is -1.69. The van der Waals surface area contributed by atoms with Gasteiger partial charge in [-0.25, -0.2) is 14.8 Å². The predicted octanol–water partition coefficient (Wildman–Crippen LogP) is 1.57. The van der Waals surface area contributed by atoms with Gasteiger partial charge in [0.05, 0.1) is 0 Å². The molecule has 2 heterocycles. The Morgan fingerprint density at radius 1 is 1.19 bits per heavy atom. The molecule has 0 unspecified atom stereocenters.